The van der Waals surface area contributed by atoms with E-state index < -0.39 is 17.9 Å². The molecule has 9 aromatic carbocycles. The molecule has 0 aromatic heterocycles. The number of carbonyl (C=O) groups excluding carboxylic acids is 6. The number of esters is 3. The lowest BCUT2D eigenvalue weighted by atomic mass is 9.97. The van der Waals surface area contributed by atoms with Crippen LogP contribution in [0.4, 0.5) is 14.4 Å². The summed E-state index contributed by atoms with van der Waals surface area (Å²) in [5.74, 6) is -1.42. The third-order valence-electron chi connectivity index (χ3n) is 12.6. The molecule has 0 aliphatic carbocycles. The minimum atomic E-state index is -0.505. The standard InChI is InChI=1S/2C22H22N2O3.C21H20N2O3/c1-15(2)21(25)27-12-11-23-22(26)24-14-20-18-9-5-3-7-16(18)13-17-8-4-6-10-19(17)20;1-15(2)21(25)27-11-10-23-22(26)24-14-19-9-5-8-18-12-16-6-3-4-7-17(16)13-20(18)19;1-2-20(24)26-12-11-22-21(25)23-14-19-17-9-5-3-7-15(17)13-16-8-4-6-10-18(16)19/h3-10,13H,1,11-12,14H2,2H3,(H2,23,24,26);3-9,12-13H,1,10-11,14H2,2H3,(H2,23,24,26);2-10,13H,1,11-12,14H2,(H2,22,23,25). The molecule has 0 fully saturated rings. The highest BCUT2D eigenvalue weighted by Gasteiger charge is 2.12. The fraction of sp³-hybridized carbons (Fsp3) is 0.169. The van der Waals surface area contributed by atoms with E-state index in [-0.39, 0.29) is 57.5 Å². The van der Waals surface area contributed by atoms with Gasteiger partial charge in [0.25, 0.3) is 0 Å². The number of urea groups is 3. The number of hydrogen-bond donors (Lipinski definition) is 6. The largest absolute Gasteiger partial charge is 0.461 e. The Morgan fingerprint density at radius 1 is 0.388 bits per heavy atom. The highest BCUT2D eigenvalue weighted by atomic mass is 16.5. The summed E-state index contributed by atoms with van der Waals surface area (Å²) < 4.78 is 14.7. The minimum absolute atomic E-state index is 0.107. The average molecular weight is 1070 g/mol. The number of ether oxygens (including phenoxy) is 3. The van der Waals surface area contributed by atoms with Gasteiger partial charge in [-0.25, -0.2) is 28.8 Å². The van der Waals surface area contributed by atoms with Crippen LogP contribution in [-0.4, -0.2) is 75.5 Å². The quantitative estimate of drug-likeness (QED) is 0.0159. The molecule has 0 saturated carbocycles. The van der Waals surface area contributed by atoms with Gasteiger partial charge in [0.1, 0.15) is 19.8 Å². The third-order valence-corrected chi connectivity index (χ3v) is 12.6. The van der Waals surface area contributed by atoms with Gasteiger partial charge >= 0.3 is 36.0 Å². The molecule has 15 heteroatoms. The van der Waals surface area contributed by atoms with Crippen LogP contribution in [-0.2, 0) is 48.2 Å². The van der Waals surface area contributed by atoms with Crippen molar-refractivity contribution in [2.24, 2.45) is 0 Å². The Kier molecular flexibility index (Phi) is 20.9. The van der Waals surface area contributed by atoms with Gasteiger partial charge < -0.3 is 46.1 Å². The summed E-state index contributed by atoms with van der Waals surface area (Å²) in [5, 5.41) is 30.3. The first-order valence-electron chi connectivity index (χ1n) is 26.0. The number of rotatable bonds is 18. The molecule has 0 unspecified atom stereocenters. The lowest BCUT2D eigenvalue weighted by Crippen LogP contribution is -2.37. The zero-order valence-corrected chi connectivity index (χ0v) is 44.8. The van der Waals surface area contributed by atoms with Crippen molar-refractivity contribution in [2.45, 2.75) is 33.5 Å². The maximum atomic E-state index is 12.1. The Morgan fingerprint density at radius 2 is 0.713 bits per heavy atom. The van der Waals surface area contributed by atoms with Crippen LogP contribution in [0, 0.1) is 0 Å². The van der Waals surface area contributed by atoms with Crippen LogP contribution in [0.15, 0.2) is 201 Å². The molecule has 6 amide bonds. The van der Waals surface area contributed by atoms with Gasteiger partial charge in [0.15, 0.2) is 0 Å². The second kappa shape index (κ2) is 28.9. The molecule has 0 radical (unpaired) electrons. The molecule has 80 heavy (non-hydrogen) atoms. The second-order valence-electron chi connectivity index (χ2n) is 18.5. The van der Waals surface area contributed by atoms with Crippen molar-refractivity contribution in [1.29, 1.82) is 0 Å². The van der Waals surface area contributed by atoms with Gasteiger partial charge in [-0.15, -0.1) is 0 Å². The maximum Gasteiger partial charge on any atom is 0.333 e. The highest BCUT2D eigenvalue weighted by molar-refractivity contribution is 6.04. The van der Waals surface area contributed by atoms with Gasteiger partial charge in [0, 0.05) is 36.9 Å². The predicted molar refractivity (Wildman–Crippen MR) is 318 cm³/mol. The lowest BCUT2D eigenvalue weighted by Gasteiger charge is -2.13. The summed E-state index contributed by atoms with van der Waals surface area (Å²) in [5.41, 5.74) is 3.87. The van der Waals surface area contributed by atoms with Crippen LogP contribution in [0.1, 0.15) is 30.5 Å². The summed E-state index contributed by atoms with van der Waals surface area (Å²) in [4.78, 5) is 69.6. The maximum absolute atomic E-state index is 12.1. The highest BCUT2D eigenvalue weighted by Crippen LogP contribution is 2.30. The SMILES string of the molecule is C=C(C)C(=O)OCCNC(=O)NCc1c2ccccc2cc2ccccc12.C=C(C)C(=O)OCCNC(=O)NCc1cccc2cc3ccccc3cc12.C=CC(=O)OCCNC(=O)NCc1c2ccccc2cc2ccccc12. The molecule has 0 atom stereocenters. The number of hydrogen-bond acceptors (Lipinski definition) is 9. The summed E-state index contributed by atoms with van der Waals surface area (Å²) in [6.07, 6.45) is 1.09. The molecule has 9 aromatic rings. The summed E-state index contributed by atoms with van der Waals surface area (Å²) >= 11 is 0. The zero-order valence-electron chi connectivity index (χ0n) is 44.8. The molecule has 0 saturated heterocycles. The average Bonchev–Trinajstić information content (AvgIpc) is 3.47. The van der Waals surface area contributed by atoms with Crippen molar-refractivity contribution >= 4 is 101 Å². The van der Waals surface area contributed by atoms with Crippen LogP contribution in [0.2, 0.25) is 0 Å². The number of amides is 6. The fourth-order valence-corrected chi connectivity index (χ4v) is 8.72. The molecule has 9 rings (SSSR count). The molecular formula is C65H64N6O9. The van der Waals surface area contributed by atoms with Gasteiger partial charge in [-0.05, 0) is 119 Å². The minimum Gasteiger partial charge on any atom is -0.461 e. The Morgan fingerprint density at radius 3 is 1.11 bits per heavy atom. The van der Waals surface area contributed by atoms with E-state index in [1.807, 2.05) is 72.8 Å². The summed E-state index contributed by atoms with van der Waals surface area (Å²) in [6, 6.07) is 54.5. The van der Waals surface area contributed by atoms with Gasteiger partial charge in [0.05, 0.1) is 19.6 Å². The molecule has 0 heterocycles. The van der Waals surface area contributed by atoms with Gasteiger partial charge in [-0.2, -0.15) is 0 Å². The number of carbonyl (C=O) groups is 6. The van der Waals surface area contributed by atoms with Crippen molar-refractivity contribution in [2.75, 3.05) is 39.5 Å². The van der Waals surface area contributed by atoms with Crippen molar-refractivity contribution < 1.29 is 43.0 Å². The molecular weight excluding hydrogens is 1010 g/mol. The molecule has 0 bridgehead atoms. The van der Waals surface area contributed by atoms with E-state index in [9.17, 15) is 28.8 Å². The van der Waals surface area contributed by atoms with Crippen LogP contribution in [0.25, 0.3) is 64.6 Å². The molecule has 408 valence electrons. The van der Waals surface area contributed by atoms with Gasteiger partial charge in [-0.1, -0.05) is 159 Å². The summed E-state index contributed by atoms with van der Waals surface area (Å²) in [7, 11) is 0. The molecule has 6 N–H and O–H groups in total. The molecule has 15 nitrogen and oxygen atoms in total. The van der Waals surface area contributed by atoms with E-state index in [0.717, 1.165) is 76.6 Å². The van der Waals surface area contributed by atoms with Crippen molar-refractivity contribution in [3.8, 4) is 0 Å². The van der Waals surface area contributed by atoms with Crippen LogP contribution in [0.3, 0.4) is 0 Å². The molecule has 0 spiro atoms. The van der Waals surface area contributed by atoms with E-state index in [1.165, 1.54) is 10.8 Å². The van der Waals surface area contributed by atoms with Crippen molar-refractivity contribution in [3.63, 3.8) is 0 Å². The third kappa shape index (κ3) is 16.3. The molecule has 0 aliphatic heterocycles. The zero-order chi connectivity index (χ0) is 56.8. The van der Waals surface area contributed by atoms with E-state index in [0.29, 0.717) is 30.8 Å². The van der Waals surface area contributed by atoms with E-state index in [4.69, 9.17) is 14.2 Å². The van der Waals surface area contributed by atoms with Gasteiger partial charge in [-0.3, -0.25) is 0 Å². The number of benzene rings is 9. The predicted octanol–water partition coefficient (Wildman–Crippen LogP) is 11.3. The van der Waals surface area contributed by atoms with E-state index >= 15 is 0 Å². The Hall–Kier alpha value is -10.0. The van der Waals surface area contributed by atoms with Crippen LogP contribution in [0.5, 0.6) is 0 Å². The Balaban J connectivity index is 0.000000173. The van der Waals surface area contributed by atoms with Crippen molar-refractivity contribution in [3.05, 3.63) is 217 Å². The lowest BCUT2D eigenvalue weighted by molar-refractivity contribution is -0.139. The molecule has 0 aliphatic rings. The first-order chi connectivity index (χ1) is 38.8. The number of nitrogens with one attached hydrogen (secondary N) is 6. The van der Waals surface area contributed by atoms with Crippen LogP contribution >= 0.6 is 0 Å². The first-order valence-corrected chi connectivity index (χ1v) is 26.0. The van der Waals surface area contributed by atoms with E-state index in [1.54, 1.807) is 13.8 Å². The first kappa shape index (κ1) is 57.7. The normalized spacial score (nSPS) is 10.5. The topological polar surface area (TPSA) is 202 Å². The van der Waals surface area contributed by atoms with Gasteiger partial charge in [0.2, 0.25) is 0 Å². The smallest absolute Gasteiger partial charge is 0.333 e. The number of fused-ring (bicyclic) bond motifs is 6. The Labute approximate surface area is 464 Å². The van der Waals surface area contributed by atoms with E-state index in [2.05, 4.69) is 143 Å². The summed E-state index contributed by atoms with van der Waals surface area (Å²) in [6.45, 7) is 15.7. The second-order valence-corrected chi connectivity index (χ2v) is 18.5. The Bertz CT molecular complexity index is 3630. The monoisotopic (exact) mass is 1070 g/mol. The fourth-order valence-electron chi connectivity index (χ4n) is 8.72. The van der Waals surface area contributed by atoms with Crippen molar-refractivity contribution in [1.82, 2.24) is 31.9 Å². The van der Waals surface area contributed by atoms with Crippen LogP contribution < -0.4 is 31.9 Å².